The first kappa shape index (κ1) is 10.5. The van der Waals surface area contributed by atoms with Gasteiger partial charge in [-0.3, -0.25) is 14.3 Å². The van der Waals surface area contributed by atoms with Gasteiger partial charge in [0.15, 0.2) is 0 Å². The SMILES string of the molecule is O=C1CN(C(=O)n2ccnc2)c2ccccc2N1. The van der Waals surface area contributed by atoms with E-state index >= 15 is 0 Å². The summed E-state index contributed by atoms with van der Waals surface area (Å²) in [6.07, 6.45) is 4.49. The second-order valence-electron chi connectivity index (χ2n) is 3.90. The molecule has 0 saturated carbocycles. The molecule has 2 aromatic rings. The summed E-state index contributed by atoms with van der Waals surface area (Å²) in [5, 5.41) is 2.73. The lowest BCUT2D eigenvalue weighted by Gasteiger charge is -2.28. The number of carbonyl (C=O) groups excluding carboxylic acids is 2. The zero-order valence-corrected chi connectivity index (χ0v) is 9.41. The standard InChI is InChI=1S/C12H10N4O2/c17-11-7-16(12(18)15-6-5-13-8-15)10-4-2-1-3-9(10)14-11/h1-6,8H,7H2,(H,14,17). The number of amides is 2. The Morgan fingerprint density at radius 2 is 2.17 bits per heavy atom. The van der Waals surface area contributed by atoms with Gasteiger partial charge in [0.25, 0.3) is 0 Å². The molecule has 0 spiro atoms. The fourth-order valence-corrected chi connectivity index (χ4v) is 1.92. The quantitative estimate of drug-likeness (QED) is 0.757. The molecule has 1 aliphatic rings. The maximum atomic E-state index is 12.2. The molecule has 1 aromatic heterocycles. The Kier molecular flexibility index (Phi) is 2.33. The van der Waals surface area contributed by atoms with Crippen molar-refractivity contribution in [3.05, 3.63) is 43.0 Å². The van der Waals surface area contributed by atoms with E-state index in [4.69, 9.17) is 0 Å². The molecule has 1 aromatic carbocycles. The van der Waals surface area contributed by atoms with Gasteiger partial charge in [-0.2, -0.15) is 0 Å². The van der Waals surface area contributed by atoms with Gasteiger partial charge >= 0.3 is 6.03 Å². The van der Waals surface area contributed by atoms with Crippen LogP contribution in [-0.2, 0) is 4.79 Å². The third-order valence-corrected chi connectivity index (χ3v) is 2.73. The predicted octanol–water partition coefficient (Wildman–Crippen LogP) is 1.31. The number of aromatic nitrogens is 2. The zero-order chi connectivity index (χ0) is 12.5. The van der Waals surface area contributed by atoms with Gasteiger partial charge in [-0.1, -0.05) is 12.1 Å². The summed E-state index contributed by atoms with van der Waals surface area (Å²) in [6, 6.07) is 6.90. The summed E-state index contributed by atoms with van der Waals surface area (Å²) in [6.45, 7) is 0.00796. The van der Waals surface area contributed by atoms with E-state index in [0.717, 1.165) is 0 Å². The van der Waals surface area contributed by atoms with Crippen LogP contribution < -0.4 is 10.2 Å². The minimum absolute atomic E-state index is 0.00796. The Bertz CT molecular complexity index is 606. The maximum absolute atomic E-state index is 12.2. The molecule has 2 heterocycles. The van der Waals surface area contributed by atoms with Crippen LogP contribution in [0.5, 0.6) is 0 Å². The molecule has 0 atom stereocenters. The zero-order valence-electron chi connectivity index (χ0n) is 9.41. The van der Waals surface area contributed by atoms with E-state index in [1.165, 1.54) is 22.0 Å². The molecule has 0 unspecified atom stereocenters. The molecule has 6 heteroatoms. The first-order valence-electron chi connectivity index (χ1n) is 5.44. The van der Waals surface area contributed by atoms with Gasteiger partial charge < -0.3 is 5.32 Å². The van der Waals surface area contributed by atoms with Crippen molar-refractivity contribution in [3.63, 3.8) is 0 Å². The molecular formula is C12H10N4O2. The number of carbonyl (C=O) groups is 2. The summed E-state index contributed by atoms with van der Waals surface area (Å²) in [5.41, 5.74) is 1.33. The number of para-hydroxylation sites is 2. The van der Waals surface area contributed by atoms with E-state index in [0.29, 0.717) is 11.4 Å². The molecule has 0 radical (unpaired) electrons. The van der Waals surface area contributed by atoms with Crippen molar-refractivity contribution < 1.29 is 9.59 Å². The monoisotopic (exact) mass is 242 g/mol. The van der Waals surface area contributed by atoms with Crippen molar-refractivity contribution in [2.45, 2.75) is 0 Å². The van der Waals surface area contributed by atoms with Crippen LogP contribution in [0.15, 0.2) is 43.0 Å². The predicted molar refractivity (Wildman–Crippen MR) is 65.4 cm³/mol. The molecule has 0 bridgehead atoms. The molecule has 1 N–H and O–H groups in total. The van der Waals surface area contributed by atoms with Crippen LogP contribution >= 0.6 is 0 Å². The highest BCUT2D eigenvalue weighted by Gasteiger charge is 2.27. The van der Waals surface area contributed by atoms with Crippen LogP contribution in [0, 0.1) is 0 Å². The summed E-state index contributed by atoms with van der Waals surface area (Å²) in [4.78, 5) is 29.1. The number of imidazole rings is 1. The number of rotatable bonds is 0. The lowest BCUT2D eigenvalue weighted by molar-refractivity contribution is -0.115. The van der Waals surface area contributed by atoms with Crippen LogP contribution in [-0.4, -0.2) is 28.0 Å². The van der Waals surface area contributed by atoms with Crippen LogP contribution in [0.3, 0.4) is 0 Å². The second-order valence-corrected chi connectivity index (χ2v) is 3.90. The molecule has 1 aliphatic heterocycles. The van der Waals surface area contributed by atoms with E-state index in [9.17, 15) is 9.59 Å². The largest absolute Gasteiger partial charge is 0.334 e. The van der Waals surface area contributed by atoms with Gasteiger partial charge in [-0.25, -0.2) is 9.78 Å². The first-order chi connectivity index (χ1) is 8.75. The Hall–Kier alpha value is -2.63. The number of benzene rings is 1. The summed E-state index contributed by atoms with van der Waals surface area (Å²) >= 11 is 0. The van der Waals surface area contributed by atoms with Gasteiger partial charge in [0.1, 0.15) is 12.9 Å². The Morgan fingerprint density at radius 1 is 1.33 bits per heavy atom. The fourth-order valence-electron chi connectivity index (χ4n) is 1.92. The smallest absolute Gasteiger partial charge is 0.323 e. The van der Waals surface area contributed by atoms with Crippen LogP contribution in [0.1, 0.15) is 0 Å². The maximum Gasteiger partial charge on any atom is 0.334 e. The van der Waals surface area contributed by atoms with Gasteiger partial charge in [-0.05, 0) is 12.1 Å². The molecule has 2 amide bonds. The summed E-state index contributed by atoms with van der Waals surface area (Å²) < 4.78 is 1.34. The number of nitrogens with one attached hydrogen (secondary N) is 1. The second kappa shape index (κ2) is 3.99. The van der Waals surface area contributed by atoms with Crippen molar-refractivity contribution in [3.8, 4) is 0 Å². The molecule has 6 nitrogen and oxygen atoms in total. The van der Waals surface area contributed by atoms with Gasteiger partial charge in [0.2, 0.25) is 5.91 Å². The number of anilines is 2. The number of hydrogen-bond acceptors (Lipinski definition) is 3. The van der Waals surface area contributed by atoms with Crippen molar-refractivity contribution in [1.29, 1.82) is 0 Å². The Morgan fingerprint density at radius 3 is 2.94 bits per heavy atom. The fraction of sp³-hybridized carbons (Fsp3) is 0.0833. The highest BCUT2D eigenvalue weighted by Crippen LogP contribution is 2.29. The minimum atomic E-state index is -0.296. The summed E-state index contributed by atoms with van der Waals surface area (Å²) in [5.74, 6) is -0.206. The van der Waals surface area contributed by atoms with E-state index in [-0.39, 0.29) is 18.5 Å². The Labute approximate surface area is 103 Å². The van der Waals surface area contributed by atoms with Crippen molar-refractivity contribution >= 4 is 23.3 Å². The van der Waals surface area contributed by atoms with E-state index in [2.05, 4.69) is 10.3 Å². The number of hydrogen-bond donors (Lipinski definition) is 1. The normalized spacial score (nSPS) is 14.0. The first-order valence-corrected chi connectivity index (χ1v) is 5.44. The lowest BCUT2D eigenvalue weighted by Crippen LogP contribution is -2.43. The number of nitrogens with zero attached hydrogens (tertiary/aromatic N) is 3. The topological polar surface area (TPSA) is 67.2 Å². The van der Waals surface area contributed by atoms with Crippen molar-refractivity contribution in [2.75, 3.05) is 16.8 Å². The third-order valence-electron chi connectivity index (χ3n) is 2.73. The van der Waals surface area contributed by atoms with E-state index < -0.39 is 0 Å². The average molecular weight is 242 g/mol. The van der Waals surface area contributed by atoms with Gasteiger partial charge in [0, 0.05) is 12.4 Å². The third kappa shape index (κ3) is 1.64. The average Bonchev–Trinajstić information content (AvgIpc) is 2.90. The van der Waals surface area contributed by atoms with E-state index in [1.54, 1.807) is 18.3 Å². The molecule has 18 heavy (non-hydrogen) atoms. The Balaban J connectivity index is 2.03. The van der Waals surface area contributed by atoms with Crippen molar-refractivity contribution in [1.82, 2.24) is 9.55 Å². The van der Waals surface area contributed by atoms with Gasteiger partial charge in [0.05, 0.1) is 11.4 Å². The molecular weight excluding hydrogens is 232 g/mol. The lowest BCUT2D eigenvalue weighted by atomic mass is 10.2. The van der Waals surface area contributed by atoms with Gasteiger partial charge in [-0.15, -0.1) is 0 Å². The summed E-state index contributed by atoms with van der Waals surface area (Å²) in [7, 11) is 0. The highest BCUT2D eigenvalue weighted by molar-refractivity contribution is 6.09. The van der Waals surface area contributed by atoms with Crippen molar-refractivity contribution in [2.24, 2.45) is 0 Å². The molecule has 0 saturated heterocycles. The minimum Gasteiger partial charge on any atom is -0.323 e. The van der Waals surface area contributed by atoms with E-state index in [1.807, 2.05) is 12.1 Å². The molecule has 0 fully saturated rings. The molecule has 0 aliphatic carbocycles. The molecule has 90 valence electrons. The van der Waals surface area contributed by atoms with Crippen LogP contribution in [0.25, 0.3) is 0 Å². The van der Waals surface area contributed by atoms with Crippen LogP contribution in [0.2, 0.25) is 0 Å². The molecule has 3 rings (SSSR count). The van der Waals surface area contributed by atoms with Crippen LogP contribution in [0.4, 0.5) is 16.2 Å². The highest BCUT2D eigenvalue weighted by atomic mass is 16.2. The number of fused-ring (bicyclic) bond motifs is 1.